The Kier molecular flexibility index (Phi) is 4.48. The SMILES string of the molecule is O=[N+]([O-])C[C@@H]1c2ccccc2O[C@@H](c2ccc([N+](=O)[O-])cc2)[C@H]1[N+](=O)[O-]. The number of nitro benzene ring substituents is 1. The van der Waals surface area contributed by atoms with Crippen molar-refractivity contribution in [2.75, 3.05) is 6.54 Å². The van der Waals surface area contributed by atoms with Crippen LogP contribution in [0.3, 0.4) is 0 Å². The van der Waals surface area contributed by atoms with Crippen molar-refractivity contribution in [1.29, 1.82) is 0 Å². The van der Waals surface area contributed by atoms with E-state index in [1.165, 1.54) is 24.3 Å². The van der Waals surface area contributed by atoms with Crippen molar-refractivity contribution in [3.8, 4) is 5.75 Å². The minimum absolute atomic E-state index is 0.163. The second kappa shape index (κ2) is 6.75. The molecule has 0 unspecified atom stereocenters. The molecule has 0 amide bonds. The Labute approximate surface area is 146 Å². The van der Waals surface area contributed by atoms with E-state index in [0.29, 0.717) is 16.9 Å². The highest BCUT2D eigenvalue weighted by Gasteiger charge is 2.49. The maximum Gasteiger partial charge on any atom is 0.269 e. The van der Waals surface area contributed by atoms with E-state index in [1.54, 1.807) is 24.3 Å². The Balaban J connectivity index is 2.07. The van der Waals surface area contributed by atoms with Gasteiger partial charge in [-0.2, -0.15) is 0 Å². The van der Waals surface area contributed by atoms with E-state index in [-0.39, 0.29) is 5.69 Å². The maximum atomic E-state index is 11.7. The Hall–Kier alpha value is -3.56. The van der Waals surface area contributed by atoms with E-state index in [9.17, 15) is 30.3 Å². The summed E-state index contributed by atoms with van der Waals surface area (Å²) < 4.78 is 5.77. The van der Waals surface area contributed by atoms with Crippen molar-refractivity contribution in [3.63, 3.8) is 0 Å². The van der Waals surface area contributed by atoms with E-state index >= 15 is 0 Å². The number of fused-ring (bicyclic) bond motifs is 1. The minimum Gasteiger partial charge on any atom is -0.478 e. The van der Waals surface area contributed by atoms with Gasteiger partial charge in [-0.05, 0) is 23.8 Å². The molecule has 0 N–H and O–H groups in total. The molecule has 0 aliphatic carbocycles. The highest BCUT2D eigenvalue weighted by molar-refractivity contribution is 5.42. The molecule has 2 aromatic carbocycles. The molecule has 134 valence electrons. The van der Waals surface area contributed by atoms with Crippen molar-refractivity contribution in [1.82, 2.24) is 0 Å². The molecule has 3 rings (SSSR count). The number of hydrogen-bond donors (Lipinski definition) is 0. The first-order valence-electron chi connectivity index (χ1n) is 7.63. The molecule has 0 saturated carbocycles. The maximum absolute atomic E-state index is 11.7. The summed E-state index contributed by atoms with van der Waals surface area (Å²) in [5, 5.41) is 33.6. The highest BCUT2D eigenvalue weighted by Crippen LogP contribution is 2.43. The third-order valence-electron chi connectivity index (χ3n) is 4.32. The van der Waals surface area contributed by atoms with Crippen LogP contribution in [0, 0.1) is 30.3 Å². The highest BCUT2D eigenvalue weighted by atomic mass is 16.6. The van der Waals surface area contributed by atoms with Crippen LogP contribution in [-0.4, -0.2) is 27.4 Å². The molecule has 0 bridgehead atoms. The number of hydrogen-bond acceptors (Lipinski definition) is 7. The summed E-state index contributed by atoms with van der Waals surface area (Å²) in [7, 11) is 0. The summed E-state index contributed by atoms with van der Waals surface area (Å²) in [6.45, 7) is -0.616. The van der Waals surface area contributed by atoms with Crippen LogP contribution >= 0.6 is 0 Å². The van der Waals surface area contributed by atoms with Gasteiger partial charge < -0.3 is 4.74 Å². The zero-order chi connectivity index (χ0) is 18.8. The lowest BCUT2D eigenvalue weighted by Crippen LogP contribution is -2.42. The van der Waals surface area contributed by atoms with Crippen LogP contribution in [-0.2, 0) is 0 Å². The summed E-state index contributed by atoms with van der Waals surface area (Å²) in [6, 6.07) is 10.3. The van der Waals surface area contributed by atoms with E-state index in [1.807, 2.05) is 0 Å². The normalized spacial score (nSPS) is 21.3. The van der Waals surface area contributed by atoms with Gasteiger partial charge in [0.2, 0.25) is 6.54 Å². The van der Waals surface area contributed by atoms with E-state index in [4.69, 9.17) is 4.74 Å². The Morgan fingerprint density at radius 3 is 2.15 bits per heavy atom. The third kappa shape index (κ3) is 3.16. The molecule has 2 aromatic rings. The number of nitro groups is 3. The van der Waals surface area contributed by atoms with Gasteiger partial charge in [-0.1, -0.05) is 18.2 Å². The van der Waals surface area contributed by atoms with E-state index < -0.39 is 39.4 Å². The summed E-state index contributed by atoms with van der Waals surface area (Å²) >= 11 is 0. The monoisotopic (exact) mass is 359 g/mol. The Morgan fingerprint density at radius 1 is 0.923 bits per heavy atom. The quantitative estimate of drug-likeness (QED) is 0.590. The van der Waals surface area contributed by atoms with Gasteiger partial charge in [0.25, 0.3) is 11.7 Å². The molecule has 0 spiro atoms. The molecule has 10 heteroatoms. The van der Waals surface area contributed by atoms with Gasteiger partial charge in [0, 0.05) is 27.5 Å². The van der Waals surface area contributed by atoms with Gasteiger partial charge in [-0.25, -0.2) is 0 Å². The molecular weight excluding hydrogens is 346 g/mol. The summed E-state index contributed by atoms with van der Waals surface area (Å²) in [4.78, 5) is 31.8. The van der Waals surface area contributed by atoms with Gasteiger partial charge in [-0.3, -0.25) is 30.3 Å². The average Bonchev–Trinajstić information content (AvgIpc) is 2.60. The summed E-state index contributed by atoms with van der Waals surface area (Å²) in [5.74, 6) is -0.647. The zero-order valence-electron chi connectivity index (χ0n) is 13.3. The molecule has 0 radical (unpaired) electrons. The number of para-hydroxylation sites is 1. The Morgan fingerprint density at radius 2 is 1.58 bits per heavy atom. The van der Waals surface area contributed by atoms with Gasteiger partial charge >= 0.3 is 0 Å². The van der Waals surface area contributed by atoms with Crippen molar-refractivity contribution in [2.45, 2.75) is 18.1 Å². The van der Waals surface area contributed by atoms with Crippen LogP contribution in [0.1, 0.15) is 23.1 Å². The van der Waals surface area contributed by atoms with Crippen molar-refractivity contribution in [2.24, 2.45) is 0 Å². The molecule has 1 aliphatic rings. The van der Waals surface area contributed by atoms with Crippen LogP contribution in [0.5, 0.6) is 5.75 Å². The van der Waals surface area contributed by atoms with Gasteiger partial charge in [0.15, 0.2) is 6.10 Å². The number of rotatable bonds is 5. The van der Waals surface area contributed by atoms with Crippen LogP contribution in [0.25, 0.3) is 0 Å². The third-order valence-corrected chi connectivity index (χ3v) is 4.32. The first kappa shape index (κ1) is 17.3. The molecule has 0 saturated heterocycles. The lowest BCUT2D eigenvalue weighted by Gasteiger charge is -2.33. The van der Waals surface area contributed by atoms with Gasteiger partial charge in [0.05, 0.1) is 4.92 Å². The van der Waals surface area contributed by atoms with Crippen molar-refractivity contribution >= 4 is 5.69 Å². The first-order chi connectivity index (χ1) is 12.4. The molecular formula is C16H13N3O7. The molecule has 1 aliphatic heterocycles. The fraction of sp³-hybridized carbons (Fsp3) is 0.250. The lowest BCUT2D eigenvalue weighted by molar-refractivity contribution is -0.558. The number of nitrogens with zero attached hydrogens (tertiary/aromatic N) is 3. The smallest absolute Gasteiger partial charge is 0.269 e. The van der Waals surface area contributed by atoms with Crippen LogP contribution in [0.15, 0.2) is 48.5 Å². The second-order valence-electron chi connectivity index (χ2n) is 5.82. The zero-order valence-corrected chi connectivity index (χ0v) is 13.3. The van der Waals surface area contributed by atoms with E-state index in [2.05, 4.69) is 0 Å². The first-order valence-corrected chi connectivity index (χ1v) is 7.63. The molecule has 26 heavy (non-hydrogen) atoms. The summed E-state index contributed by atoms with van der Waals surface area (Å²) in [5.41, 5.74) is 0.591. The van der Waals surface area contributed by atoms with Crippen molar-refractivity contribution in [3.05, 3.63) is 90.0 Å². The van der Waals surface area contributed by atoms with Crippen molar-refractivity contribution < 1.29 is 19.5 Å². The van der Waals surface area contributed by atoms with Gasteiger partial charge in [0.1, 0.15) is 11.7 Å². The number of non-ortho nitro benzene ring substituents is 1. The molecule has 3 atom stereocenters. The predicted molar refractivity (Wildman–Crippen MR) is 88.3 cm³/mol. The average molecular weight is 359 g/mol. The minimum atomic E-state index is -1.39. The largest absolute Gasteiger partial charge is 0.478 e. The Bertz CT molecular complexity index is 868. The standard InChI is InChI=1S/C16H13N3O7/c20-17(21)9-13-12-3-1-2-4-14(12)26-16(15(13)19(24)25)10-5-7-11(8-6-10)18(22)23/h1-8,13,15-16H,9H2/t13-,15+,16+/m1/s1. The molecule has 10 nitrogen and oxygen atoms in total. The fourth-order valence-electron chi connectivity index (χ4n) is 3.17. The lowest BCUT2D eigenvalue weighted by atomic mass is 9.83. The topological polar surface area (TPSA) is 139 Å². The van der Waals surface area contributed by atoms with Crippen LogP contribution in [0.4, 0.5) is 5.69 Å². The predicted octanol–water partition coefficient (Wildman–Crippen LogP) is 2.73. The van der Waals surface area contributed by atoms with Crippen LogP contribution < -0.4 is 4.74 Å². The van der Waals surface area contributed by atoms with Gasteiger partial charge in [-0.15, -0.1) is 0 Å². The molecule has 1 heterocycles. The summed E-state index contributed by atoms with van der Waals surface area (Å²) in [6.07, 6.45) is -1.09. The molecule has 0 fully saturated rings. The van der Waals surface area contributed by atoms with Crippen LogP contribution in [0.2, 0.25) is 0 Å². The fourth-order valence-corrected chi connectivity index (χ4v) is 3.17. The van der Waals surface area contributed by atoms with E-state index in [0.717, 1.165) is 0 Å². The number of benzene rings is 2. The molecule has 0 aromatic heterocycles. The number of ether oxygens (including phenoxy) is 1. The second-order valence-corrected chi connectivity index (χ2v) is 5.82.